The molecule has 0 aromatic rings. The maximum absolute atomic E-state index is 12.2. The molecule has 0 bridgehead atoms. The van der Waals surface area contributed by atoms with E-state index in [-0.39, 0.29) is 19.3 Å². The molecule has 10 N–H and O–H groups in total. The van der Waals surface area contributed by atoms with Crippen LogP contribution in [0.1, 0.15) is 32.1 Å². The number of nitrogens with two attached hydrogens (primary N) is 3. The third-order valence-electron chi connectivity index (χ3n) is 3.34. The van der Waals surface area contributed by atoms with E-state index in [4.69, 9.17) is 27.4 Å². The Balaban J connectivity index is 5.03. The van der Waals surface area contributed by atoms with Crippen LogP contribution in [0.3, 0.4) is 0 Å². The smallest absolute Gasteiger partial charge is 0.326 e. The first kappa shape index (κ1) is 23.8. The minimum Gasteiger partial charge on any atom is -0.481 e. The minimum absolute atomic E-state index is 0.220. The van der Waals surface area contributed by atoms with Crippen molar-refractivity contribution in [3.05, 3.63) is 0 Å². The summed E-state index contributed by atoms with van der Waals surface area (Å²) in [5.41, 5.74) is 15.4. The van der Waals surface area contributed by atoms with Crippen molar-refractivity contribution < 1.29 is 39.0 Å². The van der Waals surface area contributed by atoms with Gasteiger partial charge in [0.2, 0.25) is 23.6 Å². The molecule has 4 amide bonds. The number of primary amides is 2. The third kappa shape index (κ3) is 10.4. The van der Waals surface area contributed by atoms with E-state index in [0.29, 0.717) is 0 Å². The summed E-state index contributed by atoms with van der Waals surface area (Å²) in [7, 11) is 0. The second-order valence-electron chi connectivity index (χ2n) is 5.67. The molecule has 0 spiro atoms. The van der Waals surface area contributed by atoms with Gasteiger partial charge in [0.1, 0.15) is 12.1 Å². The lowest BCUT2D eigenvalue weighted by Gasteiger charge is -2.22. The average molecular weight is 389 g/mol. The van der Waals surface area contributed by atoms with E-state index in [1.54, 1.807) is 0 Å². The van der Waals surface area contributed by atoms with Gasteiger partial charge in [-0.1, -0.05) is 0 Å². The Bertz CT molecular complexity index is 608. The number of carbonyl (C=O) groups is 6. The van der Waals surface area contributed by atoms with E-state index in [1.165, 1.54) is 0 Å². The van der Waals surface area contributed by atoms with Crippen LogP contribution in [-0.2, 0) is 28.8 Å². The number of aliphatic carboxylic acids is 2. The molecule has 0 aliphatic carbocycles. The first-order valence-corrected chi connectivity index (χ1v) is 7.81. The summed E-state index contributed by atoms with van der Waals surface area (Å²) in [6, 6.07) is -4.28. The first-order chi connectivity index (χ1) is 12.4. The number of carboxylic acids is 2. The monoisotopic (exact) mass is 389 g/mol. The lowest BCUT2D eigenvalue weighted by molar-refractivity contribution is -0.142. The van der Waals surface area contributed by atoms with Gasteiger partial charge in [-0.25, -0.2) is 4.79 Å². The van der Waals surface area contributed by atoms with Gasteiger partial charge in [-0.05, 0) is 12.8 Å². The molecule has 13 heteroatoms. The van der Waals surface area contributed by atoms with Crippen molar-refractivity contribution in [2.24, 2.45) is 17.2 Å². The van der Waals surface area contributed by atoms with Crippen molar-refractivity contribution in [2.75, 3.05) is 0 Å². The zero-order valence-corrected chi connectivity index (χ0v) is 14.3. The van der Waals surface area contributed by atoms with Crippen LogP contribution in [0.15, 0.2) is 0 Å². The predicted octanol–water partition coefficient (Wildman–Crippen LogP) is -3.63. The largest absolute Gasteiger partial charge is 0.481 e. The molecular weight excluding hydrogens is 366 g/mol. The van der Waals surface area contributed by atoms with Gasteiger partial charge in [0, 0.05) is 12.8 Å². The van der Waals surface area contributed by atoms with E-state index in [9.17, 15) is 28.8 Å². The van der Waals surface area contributed by atoms with Crippen LogP contribution < -0.4 is 27.8 Å². The fourth-order valence-electron chi connectivity index (χ4n) is 1.92. The quantitative estimate of drug-likeness (QED) is 0.164. The number of hydrogen-bond donors (Lipinski definition) is 7. The molecule has 3 unspecified atom stereocenters. The molecule has 0 aromatic carbocycles. The summed E-state index contributed by atoms with van der Waals surface area (Å²) in [5, 5.41) is 21.8. The summed E-state index contributed by atoms with van der Waals surface area (Å²) >= 11 is 0. The Kier molecular flexibility index (Phi) is 10.0. The van der Waals surface area contributed by atoms with Gasteiger partial charge in [0.05, 0.1) is 12.5 Å². The highest BCUT2D eigenvalue weighted by Crippen LogP contribution is 2.02. The fraction of sp³-hybridized carbons (Fsp3) is 0.571. The highest BCUT2D eigenvalue weighted by molar-refractivity contribution is 5.94. The van der Waals surface area contributed by atoms with Crippen molar-refractivity contribution in [2.45, 2.75) is 50.2 Å². The van der Waals surface area contributed by atoms with E-state index in [1.807, 2.05) is 0 Å². The zero-order chi connectivity index (χ0) is 21.1. The molecule has 0 aliphatic rings. The summed E-state index contributed by atoms with van der Waals surface area (Å²) in [6.07, 6.45) is -1.88. The van der Waals surface area contributed by atoms with E-state index < -0.39 is 66.5 Å². The maximum atomic E-state index is 12.2. The number of nitrogens with one attached hydrogen (secondary N) is 2. The Morgan fingerprint density at radius 2 is 1.33 bits per heavy atom. The Morgan fingerprint density at radius 1 is 0.778 bits per heavy atom. The molecule has 0 radical (unpaired) electrons. The molecule has 0 saturated heterocycles. The Labute approximate surface area is 153 Å². The van der Waals surface area contributed by atoms with Gasteiger partial charge in [0.15, 0.2) is 0 Å². The molecule has 0 rings (SSSR count). The maximum Gasteiger partial charge on any atom is 0.326 e. The average Bonchev–Trinajstić information content (AvgIpc) is 2.54. The van der Waals surface area contributed by atoms with Crippen molar-refractivity contribution >= 4 is 35.6 Å². The molecule has 0 saturated carbocycles. The van der Waals surface area contributed by atoms with Crippen LogP contribution >= 0.6 is 0 Å². The summed E-state index contributed by atoms with van der Waals surface area (Å²) in [5.74, 6) is -6.32. The lowest BCUT2D eigenvalue weighted by atomic mass is 10.1. The van der Waals surface area contributed by atoms with Gasteiger partial charge in [0.25, 0.3) is 0 Å². The summed E-state index contributed by atoms with van der Waals surface area (Å²) in [6.45, 7) is 0. The van der Waals surface area contributed by atoms with Crippen LogP contribution in [0.2, 0.25) is 0 Å². The molecular formula is C14H23N5O8. The lowest BCUT2D eigenvalue weighted by Crippen LogP contribution is -2.55. The van der Waals surface area contributed by atoms with Crippen molar-refractivity contribution in [1.29, 1.82) is 0 Å². The minimum atomic E-state index is -1.53. The summed E-state index contributed by atoms with van der Waals surface area (Å²) in [4.78, 5) is 67.7. The Hall–Kier alpha value is -3.22. The molecule has 13 nitrogen and oxygen atoms in total. The molecule has 0 aromatic heterocycles. The molecule has 0 heterocycles. The molecule has 3 atom stereocenters. The Morgan fingerprint density at radius 3 is 1.78 bits per heavy atom. The second kappa shape index (κ2) is 11.4. The molecule has 0 fully saturated rings. The second-order valence-corrected chi connectivity index (χ2v) is 5.67. The molecule has 0 aliphatic heterocycles. The van der Waals surface area contributed by atoms with E-state index in [2.05, 4.69) is 10.6 Å². The van der Waals surface area contributed by atoms with Crippen LogP contribution in [0.25, 0.3) is 0 Å². The number of rotatable bonds is 13. The van der Waals surface area contributed by atoms with E-state index >= 15 is 0 Å². The zero-order valence-electron chi connectivity index (χ0n) is 14.3. The predicted molar refractivity (Wildman–Crippen MR) is 88.6 cm³/mol. The number of amides is 4. The van der Waals surface area contributed by atoms with Gasteiger partial charge < -0.3 is 38.0 Å². The fourth-order valence-corrected chi connectivity index (χ4v) is 1.92. The van der Waals surface area contributed by atoms with Crippen molar-refractivity contribution in [3.63, 3.8) is 0 Å². The molecule has 152 valence electrons. The van der Waals surface area contributed by atoms with Gasteiger partial charge in [-0.3, -0.25) is 24.0 Å². The highest BCUT2D eigenvalue weighted by Gasteiger charge is 2.29. The standard InChI is InChI=1S/C14H23N5O8/c15-6(1-4-11(22)23)12(24)19-8(5-10(17)21)13(25)18-7(14(26)27)2-3-9(16)20/h6-8H,1-5,15H2,(H2,16,20)(H2,17,21)(H,18,25)(H,19,24)(H,22,23)(H,26,27). The topological polar surface area (TPSA) is 245 Å². The summed E-state index contributed by atoms with van der Waals surface area (Å²) < 4.78 is 0. The van der Waals surface area contributed by atoms with E-state index in [0.717, 1.165) is 0 Å². The first-order valence-electron chi connectivity index (χ1n) is 7.81. The van der Waals surface area contributed by atoms with Crippen molar-refractivity contribution in [3.8, 4) is 0 Å². The van der Waals surface area contributed by atoms with Crippen LogP contribution in [0.4, 0.5) is 0 Å². The number of carbonyl (C=O) groups excluding carboxylic acids is 4. The third-order valence-corrected chi connectivity index (χ3v) is 3.34. The van der Waals surface area contributed by atoms with Crippen molar-refractivity contribution in [1.82, 2.24) is 10.6 Å². The van der Waals surface area contributed by atoms with Crippen LogP contribution in [-0.4, -0.2) is 63.9 Å². The van der Waals surface area contributed by atoms with Gasteiger partial charge in [-0.2, -0.15) is 0 Å². The van der Waals surface area contributed by atoms with Crippen LogP contribution in [0, 0.1) is 0 Å². The number of hydrogen-bond acceptors (Lipinski definition) is 7. The number of carboxylic acid groups (broad SMARTS) is 2. The highest BCUT2D eigenvalue weighted by atomic mass is 16.4. The van der Waals surface area contributed by atoms with Crippen LogP contribution in [0.5, 0.6) is 0 Å². The molecule has 27 heavy (non-hydrogen) atoms. The normalized spacial score (nSPS) is 13.7. The van der Waals surface area contributed by atoms with Gasteiger partial charge in [-0.15, -0.1) is 0 Å². The SMILES string of the molecule is NC(=O)CCC(NC(=O)C(CC(N)=O)NC(=O)C(N)CCC(=O)O)C(=O)O. The van der Waals surface area contributed by atoms with Gasteiger partial charge >= 0.3 is 11.9 Å².